The van der Waals surface area contributed by atoms with Crippen molar-refractivity contribution in [3.63, 3.8) is 0 Å². The lowest BCUT2D eigenvalue weighted by Crippen LogP contribution is -2.44. The minimum Gasteiger partial charge on any atom is -0.481 e. The summed E-state index contributed by atoms with van der Waals surface area (Å²) in [6.45, 7) is 3.92. The van der Waals surface area contributed by atoms with Crippen LogP contribution in [-0.4, -0.2) is 97.6 Å². The number of esters is 3. The van der Waals surface area contributed by atoms with Gasteiger partial charge in [-0.2, -0.15) is 9.59 Å². The number of carbonyl (C=O) groups excluding carboxylic acids is 7. The standard InChI is InChI=1S/C16H19NO8.C10H13NO4.C7H8.C5H6O2.CO2/c1-23-14(21)12-9-6-7-16(25-9,13(12)15(22)24-2)8-17-10(18)4-3-5-11(19)20;12-9(4-1-5-10(13)14)11-7-8-3-2-6-15-8;1-7-5-3-2-4-6-7;1-3-4-5(6)7-2;2-1-3/h6-7,9H,3-5,8H2,1-2H3,(H,17,18)(H,19,20);2-3,6H,1,4-5,7H2,(H,11,12)(H,13,14);2-6H,1H3;1-2H3;. The maximum absolute atomic E-state index is 12.2. The number of hydrogen-bond acceptors (Lipinski definition) is 14. The first-order valence-corrected chi connectivity index (χ1v) is 16.9. The number of carboxylic acid groups (broad SMARTS) is 2. The van der Waals surface area contributed by atoms with E-state index in [4.69, 9.17) is 38.4 Å². The molecule has 0 radical (unpaired) electrons. The van der Waals surface area contributed by atoms with Crippen LogP contribution in [0.2, 0.25) is 0 Å². The fourth-order valence-electron chi connectivity index (χ4n) is 4.61. The lowest BCUT2D eigenvalue weighted by molar-refractivity contribution is -0.192. The SMILES string of the molecule is CC#CC(=O)OC.COC(=O)C1=C(C(=O)OC)C2(CNC(=O)CCCC(=O)O)C=CC1O2.Cc1ccccc1.O=C(O)CCCC(=O)NCc1ccco1.O=C=O. The fourth-order valence-corrected chi connectivity index (χ4v) is 4.61. The highest BCUT2D eigenvalue weighted by atomic mass is 16.6. The number of rotatable bonds is 14. The van der Waals surface area contributed by atoms with Crippen LogP contribution in [-0.2, 0) is 68.6 Å². The largest absolute Gasteiger partial charge is 0.481 e. The van der Waals surface area contributed by atoms with Gasteiger partial charge in [0, 0.05) is 31.6 Å². The lowest BCUT2D eigenvalue weighted by Gasteiger charge is -2.25. The van der Waals surface area contributed by atoms with Gasteiger partial charge in [0.1, 0.15) is 17.5 Å². The average molecular weight is 799 g/mol. The van der Waals surface area contributed by atoms with E-state index in [-0.39, 0.29) is 67.8 Å². The number of fused-ring (bicyclic) bond motifs is 2. The van der Waals surface area contributed by atoms with E-state index in [1.165, 1.54) is 33.2 Å². The Labute approximate surface area is 328 Å². The summed E-state index contributed by atoms with van der Waals surface area (Å²) in [5.41, 5.74) is 0.0728. The van der Waals surface area contributed by atoms with Crippen LogP contribution in [0, 0.1) is 18.8 Å². The van der Waals surface area contributed by atoms with Gasteiger partial charge in [-0.25, -0.2) is 14.4 Å². The van der Waals surface area contributed by atoms with Crippen LogP contribution in [0.4, 0.5) is 0 Å². The molecule has 2 atom stereocenters. The van der Waals surface area contributed by atoms with E-state index in [2.05, 4.69) is 46.3 Å². The number of amides is 2. The van der Waals surface area contributed by atoms with Crippen LogP contribution in [0.15, 0.2) is 76.4 Å². The predicted octanol–water partition coefficient (Wildman–Crippen LogP) is 2.45. The third kappa shape index (κ3) is 20.4. The first-order valence-electron chi connectivity index (χ1n) is 16.9. The number of benzene rings is 1. The van der Waals surface area contributed by atoms with Crippen molar-refractivity contribution >= 4 is 47.8 Å². The lowest BCUT2D eigenvalue weighted by atomic mass is 9.86. The van der Waals surface area contributed by atoms with Crippen molar-refractivity contribution in [1.29, 1.82) is 0 Å². The second-order valence-corrected chi connectivity index (χ2v) is 11.3. The third-order valence-electron chi connectivity index (χ3n) is 7.18. The van der Waals surface area contributed by atoms with Gasteiger partial charge >= 0.3 is 36.0 Å². The average Bonchev–Trinajstić information content (AvgIpc) is 3.94. The zero-order chi connectivity index (χ0) is 43.2. The van der Waals surface area contributed by atoms with Gasteiger partial charge < -0.3 is 44.2 Å². The highest BCUT2D eigenvalue weighted by Crippen LogP contribution is 2.43. The molecule has 1 aromatic carbocycles. The maximum atomic E-state index is 12.2. The predicted molar refractivity (Wildman–Crippen MR) is 196 cm³/mol. The molecule has 2 aliphatic rings. The molecule has 2 unspecified atom stereocenters. The Morgan fingerprint density at radius 3 is 1.77 bits per heavy atom. The van der Waals surface area contributed by atoms with Crippen molar-refractivity contribution in [3.8, 4) is 11.8 Å². The number of furan rings is 1. The van der Waals surface area contributed by atoms with Crippen molar-refractivity contribution in [2.75, 3.05) is 27.9 Å². The third-order valence-corrected chi connectivity index (χ3v) is 7.18. The van der Waals surface area contributed by atoms with Gasteiger partial charge in [0.2, 0.25) is 11.8 Å². The Balaban J connectivity index is 0.000000821. The molecule has 0 fully saturated rings. The quantitative estimate of drug-likeness (QED) is 0.0703. The number of ether oxygens (including phenoxy) is 4. The molecule has 3 heterocycles. The summed E-state index contributed by atoms with van der Waals surface area (Å²) in [4.78, 5) is 94.1. The molecule has 2 bridgehead atoms. The van der Waals surface area contributed by atoms with E-state index in [0.29, 0.717) is 18.7 Å². The van der Waals surface area contributed by atoms with Crippen LogP contribution in [0.1, 0.15) is 56.8 Å². The summed E-state index contributed by atoms with van der Waals surface area (Å²) in [6, 6.07) is 13.8. The van der Waals surface area contributed by atoms with Crippen LogP contribution >= 0.6 is 0 Å². The molecule has 2 amide bonds. The van der Waals surface area contributed by atoms with Crippen molar-refractivity contribution < 1.29 is 76.7 Å². The minimum atomic E-state index is -1.30. The van der Waals surface area contributed by atoms with Crippen LogP contribution in [0.5, 0.6) is 0 Å². The van der Waals surface area contributed by atoms with Crippen molar-refractivity contribution in [3.05, 3.63) is 83.3 Å². The maximum Gasteiger partial charge on any atom is 0.384 e. The van der Waals surface area contributed by atoms with Gasteiger partial charge in [0.15, 0.2) is 0 Å². The van der Waals surface area contributed by atoms with Gasteiger partial charge in [-0.05, 0) is 44.9 Å². The number of carboxylic acids is 2. The molecular formula is C39H46N2O16. The van der Waals surface area contributed by atoms with E-state index < -0.39 is 41.6 Å². The Bertz CT molecular complexity index is 1780. The zero-order valence-electron chi connectivity index (χ0n) is 32.1. The molecule has 4 rings (SSSR count). The molecular weight excluding hydrogens is 752 g/mol. The number of carbonyl (C=O) groups is 7. The highest BCUT2D eigenvalue weighted by Gasteiger charge is 2.54. The van der Waals surface area contributed by atoms with E-state index >= 15 is 0 Å². The summed E-state index contributed by atoms with van der Waals surface area (Å²) in [6.07, 6.45) is 4.95. The van der Waals surface area contributed by atoms with E-state index in [0.717, 1.165) is 0 Å². The molecule has 4 N–H and O–H groups in total. The normalized spacial score (nSPS) is 14.9. The topological polar surface area (TPSA) is 268 Å². The number of hydrogen-bond donors (Lipinski definition) is 4. The number of nitrogens with one attached hydrogen (secondary N) is 2. The monoisotopic (exact) mass is 798 g/mol. The van der Waals surface area contributed by atoms with Crippen LogP contribution in [0.25, 0.3) is 0 Å². The van der Waals surface area contributed by atoms with Crippen molar-refractivity contribution in [2.24, 2.45) is 0 Å². The Hall–Kier alpha value is -6.83. The van der Waals surface area contributed by atoms with Crippen molar-refractivity contribution in [1.82, 2.24) is 10.6 Å². The summed E-state index contributed by atoms with van der Waals surface area (Å²) in [5.74, 6) is 0.925. The Kier molecular flexibility index (Phi) is 25.2. The van der Waals surface area contributed by atoms with Crippen LogP contribution < -0.4 is 10.6 Å². The van der Waals surface area contributed by atoms with Crippen molar-refractivity contribution in [2.45, 2.75) is 70.6 Å². The first-order chi connectivity index (χ1) is 27.1. The van der Waals surface area contributed by atoms with Gasteiger partial charge in [0.25, 0.3) is 0 Å². The molecule has 0 aliphatic carbocycles. The summed E-state index contributed by atoms with van der Waals surface area (Å²) in [7, 11) is 3.67. The zero-order valence-corrected chi connectivity index (χ0v) is 32.1. The Morgan fingerprint density at radius 2 is 1.35 bits per heavy atom. The number of aliphatic carboxylic acids is 2. The molecule has 18 nitrogen and oxygen atoms in total. The van der Waals surface area contributed by atoms with E-state index in [9.17, 15) is 33.6 Å². The molecule has 0 saturated heterocycles. The molecule has 0 spiro atoms. The molecule has 57 heavy (non-hydrogen) atoms. The molecule has 18 heteroatoms. The van der Waals surface area contributed by atoms with Gasteiger partial charge in [-0.15, -0.1) is 0 Å². The molecule has 308 valence electrons. The van der Waals surface area contributed by atoms with E-state index in [1.807, 2.05) is 18.2 Å². The van der Waals surface area contributed by atoms with E-state index in [1.54, 1.807) is 31.2 Å². The second-order valence-electron chi connectivity index (χ2n) is 11.3. The molecule has 1 aromatic heterocycles. The van der Waals surface area contributed by atoms with Gasteiger partial charge in [-0.1, -0.05) is 47.9 Å². The smallest absolute Gasteiger partial charge is 0.384 e. The number of aryl methyl sites for hydroxylation is 1. The molecule has 2 aromatic rings. The minimum absolute atomic E-state index is 0.000172. The fraction of sp³-hybridized carbons (Fsp3) is 0.385. The summed E-state index contributed by atoms with van der Waals surface area (Å²) >= 11 is 0. The highest BCUT2D eigenvalue weighted by molar-refractivity contribution is 6.05. The molecule has 2 aliphatic heterocycles. The summed E-state index contributed by atoms with van der Waals surface area (Å²) < 4.78 is 24.4. The van der Waals surface area contributed by atoms with Gasteiger partial charge in [-0.3, -0.25) is 19.2 Å². The molecule has 0 saturated carbocycles. The Morgan fingerprint density at radius 1 is 0.789 bits per heavy atom. The van der Waals surface area contributed by atoms with Crippen LogP contribution in [0.3, 0.4) is 0 Å². The summed E-state index contributed by atoms with van der Waals surface area (Å²) in [5, 5.41) is 22.2. The second kappa shape index (κ2) is 28.6. The van der Waals surface area contributed by atoms with Gasteiger partial charge in [0.05, 0.1) is 51.8 Å². The first kappa shape index (κ1) is 50.2. The number of methoxy groups -OCH3 is 3.